The molecule has 0 radical (unpaired) electrons. The van der Waals surface area contributed by atoms with Crippen LogP contribution in [-0.2, 0) is 0 Å². The predicted octanol–water partition coefficient (Wildman–Crippen LogP) is 7.43. The van der Waals surface area contributed by atoms with Crippen molar-refractivity contribution in [3.05, 3.63) is 11.6 Å². The summed E-state index contributed by atoms with van der Waals surface area (Å²) in [6, 6.07) is 1.65. The second-order valence-corrected chi connectivity index (χ2v) is 9.36. The van der Waals surface area contributed by atoms with Gasteiger partial charge in [-0.15, -0.1) is 4.73 Å². The standard InChI is InChI=1S/C27H52N4O2/c1-3-5-7-8-9-10-11-12-13-14-15-16-17-18-19-20-21-22-29-25-24-26(33-23-6-4-2)30-27(28)31(25)32/h24,32H,3-23H2,1-2H3,(H2,28,30). The van der Waals surface area contributed by atoms with Gasteiger partial charge in [0.1, 0.15) is 0 Å². The van der Waals surface area contributed by atoms with Gasteiger partial charge in [-0.05, 0) is 12.8 Å². The molecule has 6 heteroatoms. The summed E-state index contributed by atoms with van der Waals surface area (Å²) in [5.74, 6) is 0.428. The van der Waals surface area contributed by atoms with E-state index < -0.39 is 0 Å². The van der Waals surface area contributed by atoms with Crippen molar-refractivity contribution in [2.24, 2.45) is 4.99 Å². The van der Waals surface area contributed by atoms with Gasteiger partial charge in [0.2, 0.25) is 11.8 Å². The number of nitrogens with two attached hydrogens (primary N) is 1. The fraction of sp³-hybridized carbons (Fsp3) is 0.852. The van der Waals surface area contributed by atoms with Crippen LogP contribution in [0.3, 0.4) is 0 Å². The minimum absolute atomic E-state index is 0.00478. The van der Waals surface area contributed by atoms with E-state index in [0.717, 1.165) is 24.0 Å². The summed E-state index contributed by atoms with van der Waals surface area (Å²) in [7, 11) is 0. The normalized spacial score (nSPS) is 11.9. The van der Waals surface area contributed by atoms with Gasteiger partial charge in [0.05, 0.1) is 6.61 Å². The molecule has 0 aromatic carbocycles. The van der Waals surface area contributed by atoms with E-state index in [1.807, 2.05) is 0 Å². The van der Waals surface area contributed by atoms with E-state index in [1.165, 1.54) is 103 Å². The molecular formula is C27H52N4O2. The average molecular weight is 465 g/mol. The Bertz CT molecular complexity index is 645. The van der Waals surface area contributed by atoms with Crippen LogP contribution in [0.25, 0.3) is 0 Å². The first kappa shape index (κ1) is 29.3. The second-order valence-electron chi connectivity index (χ2n) is 9.36. The van der Waals surface area contributed by atoms with Crippen molar-refractivity contribution in [1.82, 2.24) is 9.71 Å². The first-order chi connectivity index (χ1) is 16.2. The Morgan fingerprint density at radius 1 is 0.758 bits per heavy atom. The van der Waals surface area contributed by atoms with Crippen molar-refractivity contribution in [2.75, 3.05) is 18.9 Å². The molecule has 1 aromatic rings. The number of rotatable bonds is 22. The van der Waals surface area contributed by atoms with Crippen LogP contribution in [0.1, 0.15) is 136 Å². The molecule has 0 saturated heterocycles. The van der Waals surface area contributed by atoms with Crippen molar-refractivity contribution in [1.29, 1.82) is 0 Å². The monoisotopic (exact) mass is 464 g/mol. The topological polar surface area (TPSA) is 85.7 Å². The van der Waals surface area contributed by atoms with E-state index in [1.54, 1.807) is 6.07 Å². The Labute approximate surface area is 203 Å². The van der Waals surface area contributed by atoms with Crippen LogP contribution < -0.4 is 16.0 Å². The third-order valence-corrected chi connectivity index (χ3v) is 6.19. The maximum atomic E-state index is 10.0. The van der Waals surface area contributed by atoms with Crippen LogP contribution in [0, 0.1) is 0 Å². The fourth-order valence-corrected chi connectivity index (χ4v) is 4.02. The number of ether oxygens (including phenoxy) is 1. The Balaban J connectivity index is 2.00. The highest BCUT2D eigenvalue weighted by Gasteiger charge is 2.04. The highest BCUT2D eigenvalue weighted by Crippen LogP contribution is 2.14. The van der Waals surface area contributed by atoms with Gasteiger partial charge in [-0.3, -0.25) is 4.99 Å². The van der Waals surface area contributed by atoms with Gasteiger partial charge < -0.3 is 15.7 Å². The van der Waals surface area contributed by atoms with Crippen LogP contribution in [0.5, 0.6) is 5.88 Å². The van der Waals surface area contributed by atoms with Crippen LogP contribution >= 0.6 is 0 Å². The van der Waals surface area contributed by atoms with Gasteiger partial charge in [0, 0.05) is 12.6 Å². The summed E-state index contributed by atoms with van der Waals surface area (Å²) < 4.78 is 6.42. The predicted molar refractivity (Wildman–Crippen MR) is 139 cm³/mol. The molecule has 0 fully saturated rings. The highest BCUT2D eigenvalue weighted by molar-refractivity contribution is 5.21. The van der Waals surface area contributed by atoms with Crippen molar-refractivity contribution >= 4 is 5.95 Å². The summed E-state index contributed by atoms with van der Waals surface area (Å²) in [4.78, 5) is 8.52. The zero-order valence-electron chi connectivity index (χ0n) is 21.7. The zero-order chi connectivity index (χ0) is 24.0. The van der Waals surface area contributed by atoms with Crippen LogP contribution in [0.4, 0.5) is 5.95 Å². The maximum absolute atomic E-state index is 10.0. The van der Waals surface area contributed by atoms with Crippen molar-refractivity contribution in [3.8, 4) is 5.88 Å². The lowest BCUT2D eigenvalue weighted by Crippen LogP contribution is -2.24. The Hall–Kier alpha value is -1.72. The first-order valence-corrected chi connectivity index (χ1v) is 13.9. The molecule has 0 spiro atoms. The molecule has 33 heavy (non-hydrogen) atoms. The maximum Gasteiger partial charge on any atom is 0.239 e. The number of nitrogens with zero attached hydrogens (tertiary/aromatic N) is 3. The first-order valence-electron chi connectivity index (χ1n) is 13.9. The molecule has 1 aromatic heterocycles. The number of nitrogen functional groups attached to an aromatic ring is 1. The Morgan fingerprint density at radius 3 is 1.70 bits per heavy atom. The summed E-state index contributed by atoms with van der Waals surface area (Å²) in [5.41, 5.74) is 6.17. The molecule has 3 N–H and O–H groups in total. The van der Waals surface area contributed by atoms with Crippen LogP contribution in [0.15, 0.2) is 11.1 Å². The number of unbranched alkanes of at least 4 members (excludes halogenated alkanes) is 17. The molecule has 0 aliphatic rings. The molecule has 0 aliphatic heterocycles. The van der Waals surface area contributed by atoms with E-state index in [4.69, 9.17) is 10.5 Å². The largest absolute Gasteiger partial charge is 0.477 e. The SMILES string of the molecule is CCCCCCCCCCCCCCCCCCCN=c1cc(OCCCC)nc(N)n1O. The van der Waals surface area contributed by atoms with Gasteiger partial charge in [0.25, 0.3) is 0 Å². The van der Waals surface area contributed by atoms with E-state index in [9.17, 15) is 5.21 Å². The smallest absolute Gasteiger partial charge is 0.239 e. The summed E-state index contributed by atoms with van der Waals surface area (Å²) in [6.45, 7) is 5.66. The quantitative estimate of drug-likeness (QED) is 0.138. The molecule has 1 heterocycles. The lowest BCUT2D eigenvalue weighted by atomic mass is 10.0. The Kier molecular flexibility index (Phi) is 18.5. The lowest BCUT2D eigenvalue weighted by molar-refractivity contribution is 0.171. The van der Waals surface area contributed by atoms with Crippen molar-refractivity contribution in [2.45, 2.75) is 136 Å². The molecule has 1 rings (SSSR count). The number of anilines is 1. The lowest BCUT2D eigenvalue weighted by Gasteiger charge is -2.08. The van der Waals surface area contributed by atoms with Crippen LogP contribution in [0.2, 0.25) is 0 Å². The van der Waals surface area contributed by atoms with E-state index in [0.29, 0.717) is 24.5 Å². The molecule has 192 valence electrons. The van der Waals surface area contributed by atoms with Gasteiger partial charge in [-0.1, -0.05) is 123 Å². The Morgan fingerprint density at radius 2 is 1.21 bits per heavy atom. The molecular weight excluding hydrogens is 412 g/mol. The summed E-state index contributed by atoms with van der Waals surface area (Å²) in [6.07, 6.45) is 25.1. The average Bonchev–Trinajstić information content (AvgIpc) is 2.81. The minimum Gasteiger partial charge on any atom is -0.477 e. The van der Waals surface area contributed by atoms with Crippen LogP contribution in [-0.4, -0.2) is 28.1 Å². The second kappa shape index (κ2) is 20.9. The number of hydrogen-bond donors (Lipinski definition) is 2. The third kappa shape index (κ3) is 15.7. The molecule has 0 aliphatic carbocycles. The van der Waals surface area contributed by atoms with Crippen molar-refractivity contribution < 1.29 is 9.94 Å². The summed E-state index contributed by atoms with van der Waals surface area (Å²) >= 11 is 0. The van der Waals surface area contributed by atoms with E-state index in [2.05, 4.69) is 23.8 Å². The molecule has 0 amide bonds. The number of aromatic nitrogens is 2. The highest BCUT2D eigenvalue weighted by atomic mass is 16.5. The van der Waals surface area contributed by atoms with E-state index in [-0.39, 0.29) is 5.95 Å². The van der Waals surface area contributed by atoms with Gasteiger partial charge >= 0.3 is 0 Å². The minimum atomic E-state index is 0.00478. The molecule has 6 nitrogen and oxygen atoms in total. The van der Waals surface area contributed by atoms with E-state index >= 15 is 0 Å². The zero-order valence-corrected chi connectivity index (χ0v) is 21.7. The molecule has 0 atom stereocenters. The molecule has 0 unspecified atom stereocenters. The van der Waals surface area contributed by atoms with Gasteiger partial charge in [0.15, 0.2) is 5.49 Å². The number of hydrogen-bond acceptors (Lipinski definition) is 5. The summed E-state index contributed by atoms with van der Waals surface area (Å²) in [5, 5.41) is 10.0. The fourth-order valence-electron chi connectivity index (χ4n) is 4.02. The third-order valence-electron chi connectivity index (χ3n) is 6.19. The van der Waals surface area contributed by atoms with Gasteiger partial charge in [-0.2, -0.15) is 4.98 Å². The van der Waals surface area contributed by atoms with Gasteiger partial charge in [-0.25, -0.2) is 0 Å². The van der Waals surface area contributed by atoms with Crippen molar-refractivity contribution in [3.63, 3.8) is 0 Å². The molecule has 0 bridgehead atoms. The molecule has 0 saturated carbocycles.